The van der Waals surface area contributed by atoms with Crippen LogP contribution >= 0.6 is 0 Å². The molecule has 16 heavy (non-hydrogen) atoms. The lowest BCUT2D eigenvalue weighted by Crippen LogP contribution is -2.22. The third-order valence-electron chi connectivity index (χ3n) is 2.24. The molecular weight excluding hydrogens is 210 g/mol. The van der Waals surface area contributed by atoms with Gasteiger partial charge in [0.15, 0.2) is 0 Å². The number of rotatable bonds is 2. The van der Waals surface area contributed by atoms with Gasteiger partial charge in [0.05, 0.1) is 11.1 Å². The summed E-state index contributed by atoms with van der Waals surface area (Å²) in [5.41, 5.74) is 0.694. The largest absolute Gasteiger partial charge is 0.386 e. The van der Waals surface area contributed by atoms with Crippen LogP contribution in [0.1, 0.15) is 38.0 Å². The number of ether oxygens (including phenoxy) is 1. The fraction of sp³-hybridized carbons (Fsp3) is 0.182. The standard InChI is InChI=1S/C11H9NO4/c1-2-12-9(13)6-3-4-7-8(5-6)11(15)16-10(7)14/h3-5H,2H2,1H3,(H,12,13). The summed E-state index contributed by atoms with van der Waals surface area (Å²) in [5, 5.41) is 2.60. The normalized spacial score (nSPS) is 13.3. The van der Waals surface area contributed by atoms with Crippen molar-refractivity contribution in [1.82, 2.24) is 5.32 Å². The predicted molar refractivity (Wildman–Crippen MR) is 54.2 cm³/mol. The van der Waals surface area contributed by atoms with Crippen LogP contribution in [0.2, 0.25) is 0 Å². The average Bonchev–Trinajstić information content (AvgIpc) is 2.55. The molecule has 1 aliphatic heterocycles. The molecule has 0 saturated carbocycles. The highest BCUT2D eigenvalue weighted by molar-refractivity contribution is 6.15. The highest BCUT2D eigenvalue weighted by atomic mass is 16.6. The van der Waals surface area contributed by atoms with E-state index in [1.807, 2.05) is 0 Å². The second kappa shape index (κ2) is 3.77. The number of hydrogen-bond acceptors (Lipinski definition) is 4. The van der Waals surface area contributed by atoms with Gasteiger partial charge in [0.25, 0.3) is 5.91 Å². The number of fused-ring (bicyclic) bond motifs is 1. The van der Waals surface area contributed by atoms with Crippen molar-refractivity contribution in [3.8, 4) is 0 Å². The van der Waals surface area contributed by atoms with E-state index >= 15 is 0 Å². The topological polar surface area (TPSA) is 72.5 Å². The predicted octanol–water partition coefficient (Wildman–Crippen LogP) is 0.747. The number of amides is 1. The van der Waals surface area contributed by atoms with Crippen LogP contribution in [-0.2, 0) is 4.74 Å². The smallest absolute Gasteiger partial charge is 0.346 e. The first-order chi connectivity index (χ1) is 7.63. The maximum Gasteiger partial charge on any atom is 0.346 e. The lowest BCUT2D eigenvalue weighted by Gasteiger charge is -2.02. The van der Waals surface area contributed by atoms with Crippen LogP contribution in [0.15, 0.2) is 18.2 Å². The van der Waals surface area contributed by atoms with Crippen molar-refractivity contribution in [3.05, 3.63) is 34.9 Å². The Morgan fingerprint density at radius 3 is 2.62 bits per heavy atom. The van der Waals surface area contributed by atoms with Gasteiger partial charge < -0.3 is 10.1 Å². The van der Waals surface area contributed by atoms with Crippen LogP contribution in [0.3, 0.4) is 0 Å². The molecule has 0 spiro atoms. The Hall–Kier alpha value is -2.17. The van der Waals surface area contributed by atoms with Crippen LogP contribution in [-0.4, -0.2) is 24.4 Å². The fourth-order valence-electron chi connectivity index (χ4n) is 1.49. The molecule has 0 atom stereocenters. The van der Waals surface area contributed by atoms with Crippen molar-refractivity contribution in [2.45, 2.75) is 6.92 Å². The van der Waals surface area contributed by atoms with Crippen molar-refractivity contribution in [2.75, 3.05) is 6.54 Å². The van der Waals surface area contributed by atoms with Crippen LogP contribution in [0, 0.1) is 0 Å². The molecule has 82 valence electrons. The number of esters is 2. The van der Waals surface area contributed by atoms with Crippen molar-refractivity contribution < 1.29 is 19.1 Å². The van der Waals surface area contributed by atoms with E-state index in [1.54, 1.807) is 6.92 Å². The zero-order valence-electron chi connectivity index (χ0n) is 8.57. The van der Waals surface area contributed by atoms with Gasteiger partial charge in [-0.1, -0.05) is 0 Å². The van der Waals surface area contributed by atoms with Crippen LogP contribution in [0.25, 0.3) is 0 Å². The number of carbonyl (C=O) groups excluding carboxylic acids is 3. The molecule has 0 aromatic heterocycles. The Morgan fingerprint density at radius 2 is 1.94 bits per heavy atom. The van der Waals surface area contributed by atoms with E-state index in [0.717, 1.165) is 0 Å². The molecule has 0 bridgehead atoms. The molecule has 1 aliphatic rings. The van der Waals surface area contributed by atoms with Crippen LogP contribution in [0.4, 0.5) is 0 Å². The zero-order valence-corrected chi connectivity index (χ0v) is 8.57. The summed E-state index contributed by atoms with van der Waals surface area (Å²) in [4.78, 5) is 33.9. The summed E-state index contributed by atoms with van der Waals surface area (Å²) in [6, 6.07) is 4.28. The van der Waals surface area contributed by atoms with Crippen molar-refractivity contribution in [3.63, 3.8) is 0 Å². The molecule has 0 fully saturated rings. The number of carbonyl (C=O) groups is 3. The van der Waals surface area contributed by atoms with Gasteiger partial charge >= 0.3 is 11.9 Å². The van der Waals surface area contributed by atoms with Gasteiger partial charge in [0, 0.05) is 12.1 Å². The molecule has 1 N–H and O–H groups in total. The van der Waals surface area contributed by atoms with E-state index in [0.29, 0.717) is 12.1 Å². The van der Waals surface area contributed by atoms with Crippen LogP contribution in [0.5, 0.6) is 0 Å². The van der Waals surface area contributed by atoms with Gasteiger partial charge in [-0.05, 0) is 25.1 Å². The van der Waals surface area contributed by atoms with Gasteiger partial charge in [-0.25, -0.2) is 9.59 Å². The quantitative estimate of drug-likeness (QED) is 0.588. The molecule has 5 heteroatoms. The summed E-state index contributed by atoms with van der Waals surface area (Å²) in [7, 11) is 0. The highest BCUT2D eigenvalue weighted by Crippen LogP contribution is 2.21. The molecule has 1 aromatic rings. The molecule has 1 heterocycles. The Kier molecular flexibility index (Phi) is 2.44. The second-order valence-electron chi connectivity index (χ2n) is 3.30. The SMILES string of the molecule is CCNC(=O)c1ccc2c(c1)C(=O)OC2=O. The first kappa shape index (κ1) is 10.4. The van der Waals surface area contributed by atoms with E-state index in [1.165, 1.54) is 18.2 Å². The Bertz CT molecular complexity index is 493. The monoisotopic (exact) mass is 219 g/mol. The molecule has 0 radical (unpaired) electrons. The third-order valence-corrected chi connectivity index (χ3v) is 2.24. The summed E-state index contributed by atoms with van der Waals surface area (Å²) in [5.74, 6) is -1.65. The molecule has 1 amide bonds. The van der Waals surface area contributed by atoms with Gasteiger partial charge in [0.2, 0.25) is 0 Å². The number of hydrogen-bond donors (Lipinski definition) is 1. The van der Waals surface area contributed by atoms with Crippen molar-refractivity contribution >= 4 is 17.8 Å². The number of cyclic esters (lactones) is 2. The minimum atomic E-state index is -0.703. The fourth-order valence-corrected chi connectivity index (χ4v) is 1.49. The molecule has 0 aliphatic carbocycles. The van der Waals surface area contributed by atoms with Gasteiger partial charge in [-0.3, -0.25) is 4.79 Å². The molecule has 5 nitrogen and oxygen atoms in total. The molecule has 0 saturated heterocycles. The molecule has 1 aromatic carbocycles. The van der Waals surface area contributed by atoms with E-state index in [9.17, 15) is 14.4 Å². The summed E-state index contributed by atoms with van der Waals surface area (Å²) >= 11 is 0. The molecule has 0 unspecified atom stereocenters. The van der Waals surface area contributed by atoms with E-state index in [2.05, 4.69) is 10.1 Å². The Morgan fingerprint density at radius 1 is 1.25 bits per heavy atom. The first-order valence-corrected chi connectivity index (χ1v) is 4.82. The Balaban J connectivity index is 2.40. The number of benzene rings is 1. The van der Waals surface area contributed by atoms with E-state index in [-0.39, 0.29) is 17.0 Å². The van der Waals surface area contributed by atoms with Gasteiger partial charge in [-0.15, -0.1) is 0 Å². The highest BCUT2D eigenvalue weighted by Gasteiger charge is 2.30. The Labute approximate surface area is 91.4 Å². The van der Waals surface area contributed by atoms with E-state index < -0.39 is 11.9 Å². The first-order valence-electron chi connectivity index (χ1n) is 4.82. The third kappa shape index (κ3) is 1.56. The van der Waals surface area contributed by atoms with Gasteiger partial charge in [0.1, 0.15) is 0 Å². The van der Waals surface area contributed by atoms with Gasteiger partial charge in [-0.2, -0.15) is 0 Å². The number of nitrogens with one attached hydrogen (secondary N) is 1. The maximum atomic E-state index is 11.5. The zero-order chi connectivity index (χ0) is 11.7. The average molecular weight is 219 g/mol. The molecule has 2 rings (SSSR count). The van der Waals surface area contributed by atoms with Crippen LogP contribution < -0.4 is 5.32 Å². The summed E-state index contributed by atoms with van der Waals surface area (Å²) in [6.07, 6.45) is 0. The van der Waals surface area contributed by atoms with Crippen molar-refractivity contribution in [2.24, 2.45) is 0 Å². The minimum Gasteiger partial charge on any atom is -0.386 e. The van der Waals surface area contributed by atoms with E-state index in [4.69, 9.17) is 0 Å². The summed E-state index contributed by atoms with van der Waals surface area (Å²) in [6.45, 7) is 2.29. The summed E-state index contributed by atoms with van der Waals surface area (Å²) < 4.78 is 4.42. The minimum absolute atomic E-state index is 0.147. The molecular formula is C11H9NO4. The maximum absolute atomic E-state index is 11.5. The second-order valence-corrected chi connectivity index (χ2v) is 3.30. The lowest BCUT2D eigenvalue weighted by molar-refractivity contribution is 0.0443. The lowest BCUT2D eigenvalue weighted by atomic mass is 10.1. The van der Waals surface area contributed by atoms with Crippen molar-refractivity contribution in [1.29, 1.82) is 0 Å².